The molecule has 4 nitrogen and oxygen atoms in total. The van der Waals surface area contributed by atoms with Gasteiger partial charge in [0.25, 0.3) is 0 Å². The van der Waals surface area contributed by atoms with Crippen molar-refractivity contribution < 1.29 is 9.31 Å². The molecule has 0 radical (unpaired) electrons. The third-order valence-electron chi connectivity index (χ3n) is 2.63. The molecule has 0 aliphatic carbocycles. The maximum Gasteiger partial charge on any atom is 0.306 e. The number of rotatable bonds is 4. The summed E-state index contributed by atoms with van der Waals surface area (Å²) < 4.78 is 14.1. The first kappa shape index (κ1) is 14.7. The van der Waals surface area contributed by atoms with Gasteiger partial charge in [-0.15, -0.1) is 0 Å². The summed E-state index contributed by atoms with van der Waals surface area (Å²) in [7, 11) is 0. The third kappa shape index (κ3) is 3.46. The van der Waals surface area contributed by atoms with Crippen LogP contribution in [0.15, 0.2) is 40.9 Å². The topological polar surface area (TPSA) is 55.2 Å². The first-order valence-corrected chi connectivity index (χ1v) is 6.76. The van der Waals surface area contributed by atoms with Crippen molar-refractivity contribution in [1.29, 1.82) is 0 Å². The Kier molecular flexibility index (Phi) is 4.57. The van der Waals surface area contributed by atoms with Crippen LogP contribution in [-0.4, -0.2) is 4.92 Å². The molecule has 0 fully saturated rings. The Labute approximate surface area is 127 Å². The number of halogens is 3. The fraction of sp³-hybridized carbons (Fsp3) is 0.0769. The van der Waals surface area contributed by atoms with Crippen molar-refractivity contribution in [2.75, 3.05) is 5.32 Å². The summed E-state index contributed by atoms with van der Waals surface area (Å²) in [5, 5.41) is 14.2. The molecule has 104 valence electrons. The molecule has 7 heteroatoms. The highest BCUT2D eigenvalue weighted by atomic mass is 79.9. The zero-order valence-corrected chi connectivity index (χ0v) is 12.4. The van der Waals surface area contributed by atoms with Crippen LogP contribution >= 0.6 is 27.5 Å². The average molecular weight is 360 g/mol. The normalized spacial score (nSPS) is 10.3. The van der Waals surface area contributed by atoms with Crippen LogP contribution in [0.4, 0.5) is 15.8 Å². The molecule has 1 N–H and O–H groups in total. The third-order valence-corrected chi connectivity index (χ3v) is 3.64. The standard InChI is InChI=1S/C13H9BrClFN2O2/c14-11-3-1-9(15)5-8(11)7-17-10-2-4-12(16)13(6-10)18(19)20/h1-6,17H,7H2. The van der Waals surface area contributed by atoms with E-state index in [1.807, 2.05) is 6.07 Å². The van der Waals surface area contributed by atoms with Crippen molar-refractivity contribution in [3.05, 3.63) is 67.4 Å². The van der Waals surface area contributed by atoms with E-state index in [9.17, 15) is 14.5 Å². The minimum atomic E-state index is -0.857. The van der Waals surface area contributed by atoms with E-state index in [2.05, 4.69) is 21.2 Å². The Morgan fingerprint density at radius 1 is 1.30 bits per heavy atom. The van der Waals surface area contributed by atoms with E-state index in [-0.39, 0.29) is 0 Å². The molecule has 0 spiro atoms. The second kappa shape index (κ2) is 6.19. The van der Waals surface area contributed by atoms with Gasteiger partial charge in [-0.25, -0.2) is 0 Å². The number of benzene rings is 2. The number of nitrogens with one attached hydrogen (secondary N) is 1. The Bertz CT molecular complexity index is 667. The van der Waals surface area contributed by atoms with Crippen LogP contribution in [0.2, 0.25) is 5.02 Å². The molecule has 0 amide bonds. The lowest BCUT2D eigenvalue weighted by Gasteiger charge is -2.09. The number of nitro groups is 1. The second-order valence-corrected chi connectivity index (χ2v) is 5.30. The van der Waals surface area contributed by atoms with Gasteiger partial charge in [0.15, 0.2) is 0 Å². The molecule has 20 heavy (non-hydrogen) atoms. The van der Waals surface area contributed by atoms with Gasteiger partial charge in [0, 0.05) is 27.8 Å². The molecule has 0 bridgehead atoms. The number of nitro benzene ring substituents is 1. The first-order chi connectivity index (χ1) is 9.47. The number of hydrogen-bond donors (Lipinski definition) is 1. The Hall–Kier alpha value is -1.66. The lowest BCUT2D eigenvalue weighted by atomic mass is 10.2. The van der Waals surface area contributed by atoms with Crippen molar-refractivity contribution in [3.63, 3.8) is 0 Å². The quantitative estimate of drug-likeness (QED) is 0.632. The molecule has 0 aliphatic rings. The largest absolute Gasteiger partial charge is 0.381 e. The van der Waals surface area contributed by atoms with Gasteiger partial charge in [0.2, 0.25) is 5.82 Å². The Morgan fingerprint density at radius 2 is 2.05 bits per heavy atom. The van der Waals surface area contributed by atoms with Crippen LogP contribution in [0.25, 0.3) is 0 Å². The second-order valence-electron chi connectivity index (χ2n) is 4.01. The highest BCUT2D eigenvalue weighted by Gasteiger charge is 2.14. The Balaban J connectivity index is 2.17. The monoisotopic (exact) mass is 358 g/mol. The van der Waals surface area contributed by atoms with E-state index in [0.29, 0.717) is 17.3 Å². The van der Waals surface area contributed by atoms with E-state index < -0.39 is 16.4 Å². The predicted molar refractivity (Wildman–Crippen MR) is 79.5 cm³/mol. The van der Waals surface area contributed by atoms with Crippen LogP contribution < -0.4 is 5.32 Å². The van der Waals surface area contributed by atoms with Crippen LogP contribution in [0, 0.1) is 15.9 Å². The smallest absolute Gasteiger partial charge is 0.306 e. The lowest BCUT2D eigenvalue weighted by molar-refractivity contribution is -0.387. The minimum absolute atomic E-state index is 0.407. The molecule has 0 aliphatic heterocycles. The van der Waals surface area contributed by atoms with E-state index in [1.54, 1.807) is 12.1 Å². The van der Waals surface area contributed by atoms with Gasteiger partial charge in [-0.1, -0.05) is 27.5 Å². The highest BCUT2D eigenvalue weighted by molar-refractivity contribution is 9.10. The minimum Gasteiger partial charge on any atom is -0.381 e. The van der Waals surface area contributed by atoms with Crippen molar-refractivity contribution in [3.8, 4) is 0 Å². The molecule has 2 aromatic carbocycles. The van der Waals surface area contributed by atoms with E-state index in [1.165, 1.54) is 6.07 Å². The molecular weight excluding hydrogens is 351 g/mol. The van der Waals surface area contributed by atoms with Gasteiger partial charge in [0.1, 0.15) is 0 Å². The molecular formula is C13H9BrClFN2O2. The van der Waals surface area contributed by atoms with Crippen molar-refractivity contribution in [2.24, 2.45) is 0 Å². The summed E-state index contributed by atoms with van der Waals surface area (Å²) in [6.07, 6.45) is 0. The fourth-order valence-electron chi connectivity index (χ4n) is 1.64. The average Bonchev–Trinajstić information content (AvgIpc) is 2.41. The number of hydrogen-bond acceptors (Lipinski definition) is 3. The number of nitrogens with zero attached hydrogens (tertiary/aromatic N) is 1. The van der Waals surface area contributed by atoms with Gasteiger partial charge in [0.05, 0.1) is 4.92 Å². The van der Waals surface area contributed by atoms with E-state index in [0.717, 1.165) is 22.2 Å². The van der Waals surface area contributed by atoms with Crippen molar-refractivity contribution in [1.82, 2.24) is 0 Å². The van der Waals surface area contributed by atoms with Gasteiger partial charge in [-0.05, 0) is 35.9 Å². The van der Waals surface area contributed by atoms with Crippen molar-refractivity contribution in [2.45, 2.75) is 6.54 Å². The molecule has 2 rings (SSSR count). The van der Waals surface area contributed by atoms with Crippen molar-refractivity contribution >= 4 is 38.9 Å². The zero-order valence-electron chi connectivity index (χ0n) is 10.1. The molecule has 2 aromatic rings. The van der Waals surface area contributed by atoms with Gasteiger partial charge in [-0.2, -0.15) is 4.39 Å². The SMILES string of the molecule is O=[N+]([O-])c1cc(NCc2cc(Cl)ccc2Br)ccc1F. The van der Waals surface area contributed by atoms with E-state index in [4.69, 9.17) is 11.6 Å². The highest BCUT2D eigenvalue weighted by Crippen LogP contribution is 2.24. The van der Waals surface area contributed by atoms with Crippen LogP contribution in [0.5, 0.6) is 0 Å². The fourth-order valence-corrected chi connectivity index (χ4v) is 2.22. The summed E-state index contributed by atoms with van der Waals surface area (Å²) in [4.78, 5) is 9.91. The van der Waals surface area contributed by atoms with Crippen LogP contribution in [0.1, 0.15) is 5.56 Å². The summed E-state index contributed by atoms with van der Waals surface area (Å²) in [5.74, 6) is -0.857. The maximum atomic E-state index is 13.2. The summed E-state index contributed by atoms with van der Waals surface area (Å²) >= 11 is 9.29. The van der Waals surface area contributed by atoms with Crippen LogP contribution in [-0.2, 0) is 6.54 Å². The zero-order chi connectivity index (χ0) is 14.7. The first-order valence-electron chi connectivity index (χ1n) is 5.59. The lowest BCUT2D eigenvalue weighted by Crippen LogP contribution is -2.01. The molecule has 0 unspecified atom stereocenters. The summed E-state index contributed by atoms with van der Waals surface area (Å²) in [6, 6.07) is 9.00. The molecule has 0 saturated heterocycles. The summed E-state index contributed by atoms with van der Waals surface area (Å²) in [6.45, 7) is 0.407. The van der Waals surface area contributed by atoms with Gasteiger partial charge < -0.3 is 5.32 Å². The predicted octanol–water partition coefficient (Wildman–Crippen LogP) is 4.76. The number of anilines is 1. The summed E-state index contributed by atoms with van der Waals surface area (Å²) in [5.41, 5.74) is 0.801. The molecule has 0 heterocycles. The maximum absolute atomic E-state index is 13.2. The van der Waals surface area contributed by atoms with Gasteiger partial charge in [-0.3, -0.25) is 10.1 Å². The van der Waals surface area contributed by atoms with Crippen LogP contribution in [0.3, 0.4) is 0 Å². The van der Waals surface area contributed by atoms with Gasteiger partial charge >= 0.3 is 5.69 Å². The molecule has 0 atom stereocenters. The molecule has 0 aromatic heterocycles. The molecule has 0 saturated carbocycles. The van der Waals surface area contributed by atoms with E-state index >= 15 is 0 Å². The Morgan fingerprint density at radius 3 is 2.75 bits per heavy atom.